The van der Waals surface area contributed by atoms with E-state index in [9.17, 15) is 4.79 Å². The van der Waals surface area contributed by atoms with E-state index >= 15 is 0 Å². The van der Waals surface area contributed by atoms with Crippen LogP contribution in [0.3, 0.4) is 0 Å². The summed E-state index contributed by atoms with van der Waals surface area (Å²) in [6, 6.07) is 17.0. The molecule has 1 heterocycles. The van der Waals surface area contributed by atoms with Crippen LogP contribution in [0.1, 0.15) is 48.7 Å². The molecule has 0 saturated carbocycles. The van der Waals surface area contributed by atoms with Crippen LogP contribution < -0.4 is 15.0 Å². The molecule has 4 aromatic rings. The third-order valence-electron chi connectivity index (χ3n) is 5.93. The molecular formula is C28H27BrClN3O3. The molecular weight excluding hydrogens is 542 g/mol. The molecule has 36 heavy (non-hydrogen) atoms. The molecule has 0 N–H and O–H groups in total. The molecule has 0 radical (unpaired) electrons. The molecule has 0 fully saturated rings. The van der Waals surface area contributed by atoms with Gasteiger partial charge in [-0.25, -0.2) is 4.98 Å². The van der Waals surface area contributed by atoms with Gasteiger partial charge in [-0.15, -0.1) is 0 Å². The summed E-state index contributed by atoms with van der Waals surface area (Å²) in [6.07, 6.45) is 2.37. The predicted molar refractivity (Wildman–Crippen MR) is 149 cm³/mol. The maximum Gasteiger partial charge on any atom is 0.282 e. The number of methoxy groups -OCH3 is 1. The second kappa shape index (κ2) is 11.3. The number of hydrogen-bond acceptors (Lipinski definition) is 5. The van der Waals surface area contributed by atoms with E-state index in [4.69, 9.17) is 26.1 Å². The van der Waals surface area contributed by atoms with Crippen LogP contribution in [0.5, 0.6) is 11.5 Å². The van der Waals surface area contributed by atoms with Crippen molar-refractivity contribution in [2.75, 3.05) is 7.11 Å². The van der Waals surface area contributed by atoms with Crippen LogP contribution in [-0.2, 0) is 6.61 Å². The highest BCUT2D eigenvalue weighted by Gasteiger charge is 2.17. The topological polar surface area (TPSA) is 65.7 Å². The Balaban J connectivity index is 1.81. The molecule has 8 heteroatoms. The van der Waals surface area contributed by atoms with E-state index in [0.29, 0.717) is 45.4 Å². The van der Waals surface area contributed by atoms with Crippen LogP contribution in [-0.4, -0.2) is 23.0 Å². The number of hydrogen-bond donors (Lipinski definition) is 0. The molecule has 4 rings (SSSR count). The van der Waals surface area contributed by atoms with E-state index in [1.165, 1.54) is 4.68 Å². The average molecular weight is 569 g/mol. The van der Waals surface area contributed by atoms with Gasteiger partial charge >= 0.3 is 0 Å². The van der Waals surface area contributed by atoms with Crippen LogP contribution in [0.2, 0.25) is 5.02 Å². The molecule has 6 nitrogen and oxygen atoms in total. The van der Waals surface area contributed by atoms with Crippen molar-refractivity contribution in [1.29, 1.82) is 0 Å². The summed E-state index contributed by atoms with van der Waals surface area (Å²) in [5.41, 5.74) is 3.15. The number of aromatic nitrogens is 2. The fraction of sp³-hybridized carbons (Fsp3) is 0.250. The molecule has 0 amide bonds. The van der Waals surface area contributed by atoms with Gasteiger partial charge in [0.2, 0.25) is 0 Å². The molecule has 0 aliphatic carbocycles. The summed E-state index contributed by atoms with van der Waals surface area (Å²) >= 11 is 9.81. The number of nitrogens with zero attached hydrogens (tertiary/aromatic N) is 3. The van der Waals surface area contributed by atoms with Gasteiger partial charge in [0.1, 0.15) is 12.4 Å². The zero-order chi connectivity index (χ0) is 25.8. The van der Waals surface area contributed by atoms with Crippen molar-refractivity contribution >= 4 is 44.6 Å². The summed E-state index contributed by atoms with van der Waals surface area (Å²) in [5.74, 6) is 1.58. The number of benzene rings is 3. The molecule has 0 saturated heterocycles. The Bertz CT molecular complexity index is 1500. The number of rotatable bonds is 8. The summed E-state index contributed by atoms with van der Waals surface area (Å²) in [7, 11) is 1.56. The second-order valence-corrected chi connectivity index (χ2v) is 9.96. The first-order valence-electron chi connectivity index (χ1n) is 11.6. The molecule has 0 bridgehead atoms. The minimum Gasteiger partial charge on any atom is -0.493 e. The zero-order valence-electron chi connectivity index (χ0n) is 20.6. The first-order chi connectivity index (χ1) is 17.3. The highest BCUT2D eigenvalue weighted by atomic mass is 79.9. The van der Waals surface area contributed by atoms with Gasteiger partial charge in [0.05, 0.1) is 24.2 Å². The standard InChI is InChI=1S/C28H27BrClN3O3/c1-5-18(3)27-32-24-10-9-21(29)13-23(24)28(34)33(27)31-15-20-12-22(30)14-25(35-4)26(20)36-16-19-8-6-7-17(2)11-19/h6-15,18H,5,16H2,1-4H3/t18-/m0/s1. The largest absolute Gasteiger partial charge is 0.493 e. The Kier molecular flexibility index (Phi) is 8.11. The monoisotopic (exact) mass is 567 g/mol. The van der Waals surface area contributed by atoms with Gasteiger partial charge in [-0.1, -0.05) is 71.2 Å². The normalized spacial score (nSPS) is 12.3. The summed E-state index contributed by atoms with van der Waals surface area (Å²) in [6.45, 7) is 6.45. The Morgan fingerprint density at radius 2 is 2.00 bits per heavy atom. The van der Waals surface area contributed by atoms with Crippen LogP contribution >= 0.6 is 27.5 Å². The van der Waals surface area contributed by atoms with Crippen molar-refractivity contribution in [2.45, 2.75) is 39.7 Å². The molecule has 1 aromatic heterocycles. The maximum atomic E-state index is 13.5. The molecule has 3 aromatic carbocycles. The first kappa shape index (κ1) is 25.9. The van der Waals surface area contributed by atoms with Crippen molar-refractivity contribution in [3.63, 3.8) is 0 Å². The molecule has 0 aliphatic rings. The van der Waals surface area contributed by atoms with Crippen molar-refractivity contribution in [3.05, 3.63) is 97.0 Å². The third-order valence-corrected chi connectivity index (χ3v) is 6.64. The summed E-state index contributed by atoms with van der Waals surface area (Å²) in [5, 5.41) is 5.52. The summed E-state index contributed by atoms with van der Waals surface area (Å²) < 4.78 is 13.9. The van der Waals surface area contributed by atoms with Crippen LogP contribution in [0.4, 0.5) is 0 Å². The third kappa shape index (κ3) is 5.63. The fourth-order valence-electron chi connectivity index (χ4n) is 3.85. The molecule has 1 atom stereocenters. The van der Waals surface area contributed by atoms with E-state index in [1.807, 2.05) is 44.2 Å². The lowest BCUT2D eigenvalue weighted by Crippen LogP contribution is -2.23. The van der Waals surface area contributed by atoms with Gasteiger partial charge in [-0.3, -0.25) is 4.79 Å². The van der Waals surface area contributed by atoms with Crippen LogP contribution in [0.15, 0.2) is 69.0 Å². The Hall–Kier alpha value is -3.16. The molecule has 0 aliphatic heterocycles. The zero-order valence-corrected chi connectivity index (χ0v) is 22.9. The Morgan fingerprint density at radius 1 is 1.19 bits per heavy atom. The highest BCUT2D eigenvalue weighted by Crippen LogP contribution is 2.34. The Morgan fingerprint density at radius 3 is 2.72 bits per heavy atom. The Labute approximate surface area is 223 Å². The number of ether oxygens (including phenoxy) is 2. The van der Waals surface area contributed by atoms with Crippen LogP contribution in [0.25, 0.3) is 10.9 Å². The van der Waals surface area contributed by atoms with Gasteiger partial charge in [-0.2, -0.15) is 9.78 Å². The average Bonchev–Trinajstić information content (AvgIpc) is 2.86. The quantitative estimate of drug-likeness (QED) is 0.213. The van der Waals surface area contributed by atoms with E-state index in [-0.39, 0.29) is 11.5 Å². The summed E-state index contributed by atoms with van der Waals surface area (Å²) in [4.78, 5) is 18.2. The van der Waals surface area contributed by atoms with Crippen molar-refractivity contribution in [2.24, 2.45) is 5.10 Å². The second-order valence-electron chi connectivity index (χ2n) is 8.61. The smallest absolute Gasteiger partial charge is 0.282 e. The highest BCUT2D eigenvalue weighted by molar-refractivity contribution is 9.10. The maximum absolute atomic E-state index is 13.5. The minimum atomic E-state index is -0.246. The van der Waals surface area contributed by atoms with Crippen molar-refractivity contribution < 1.29 is 9.47 Å². The van der Waals surface area contributed by atoms with Gasteiger partial charge in [-0.05, 0) is 43.2 Å². The van der Waals surface area contributed by atoms with Crippen LogP contribution in [0, 0.1) is 6.92 Å². The molecule has 0 spiro atoms. The van der Waals surface area contributed by atoms with E-state index < -0.39 is 0 Å². The number of aryl methyl sites for hydroxylation is 1. The van der Waals surface area contributed by atoms with Gasteiger partial charge < -0.3 is 9.47 Å². The lowest BCUT2D eigenvalue weighted by molar-refractivity contribution is 0.284. The molecule has 0 unspecified atom stereocenters. The van der Waals surface area contributed by atoms with Crippen molar-refractivity contribution in [1.82, 2.24) is 9.66 Å². The number of fused-ring (bicyclic) bond motifs is 1. The van der Waals surface area contributed by atoms with E-state index in [2.05, 4.69) is 34.0 Å². The predicted octanol–water partition coefficient (Wildman–Crippen LogP) is 7.10. The lowest BCUT2D eigenvalue weighted by Gasteiger charge is -2.16. The SMILES string of the molecule is CC[C@H](C)c1nc2ccc(Br)cc2c(=O)n1N=Cc1cc(Cl)cc(OC)c1OCc1cccc(C)c1. The van der Waals surface area contributed by atoms with Gasteiger partial charge in [0.15, 0.2) is 11.5 Å². The lowest BCUT2D eigenvalue weighted by atomic mass is 10.1. The van der Waals surface area contributed by atoms with E-state index in [1.54, 1.807) is 31.5 Å². The number of halogens is 2. The fourth-order valence-corrected chi connectivity index (χ4v) is 4.42. The van der Waals surface area contributed by atoms with Gasteiger partial charge in [0, 0.05) is 27.0 Å². The molecule has 186 valence electrons. The van der Waals surface area contributed by atoms with E-state index in [0.717, 1.165) is 22.0 Å². The minimum absolute atomic E-state index is 0.0221. The first-order valence-corrected chi connectivity index (χ1v) is 12.8. The van der Waals surface area contributed by atoms with Crippen molar-refractivity contribution in [3.8, 4) is 11.5 Å². The van der Waals surface area contributed by atoms with Gasteiger partial charge in [0.25, 0.3) is 5.56 Å².